The Balaban J connectivity index is 2.39. The van der Waals surface area contributed by atoms with Crippen LogP contribution < -0.4 is 0 Å². The third-order valence-corrected chi connectivity index (χ3v) is 5.98. The topological polar surface area (TPSA) is 52.6 Å². The number of carbonyl (C=O) groups is 1. The molecule has 0 aliphatic rings. The number of aldehydes is 1. The van der Waals surface area contributed by atoms with Gasteiger partial charge in [0.05, 0.1) is 18.1 Å². The van der Waals surface area contributed by atoms with Gasteiger partial charge in [0, 0.05) is 4.70 Å². The minimum Gasteiger partial charge on any atom is -0.307 e. The molecule has 0 aliphatic heterocycles. The Morgan fingerprint density at radius 1 is 1.29 bits per heavy atom. The maximum absolute atomic E-state index is 14.6. The highest BCUT2D eigenvalue weighted by molar-refractivity contribution is 7.54. The molecule has 1 heterocycles. The number of fused-ring (bicyclic) bond motifs is 1. The van der Waals surface area contributed by atoms with Gasteiger partial charge in [0.1, 0.15) is 0 Å². The molecule has 0 bridgehead atoms. The minimum atomic E-state index is -3.84. The Hall–Kier alpha value is -1.07. The van der Waals surface area contributed by atoms with E-state index in [1.54, 1.807) is 38.1 Å². The highest BCUT2D eigenvalue weighted by atomic mass is 32.1. The second kappa shape index (κ2) is 6.79. The molecule has 4 nitrogen and oxygen atoms in total. The predicted octanol–water partition coefficient (Wildman–Crippen LogP) is 4.95. The number of benzene rings is 1. The smallest absolute Gasteiger partial charge is 0.307 e. The number of carbonyl (C=O) groups excluding carboxylic acids is 1. The third kappa shape index (κ3) is 3.40. The first-order valence-corrected chi connectivity index (χ1v) is 8.98. The Kier molecular flexibility index (Phi) is 5.27. The summed E-state index contributed by atoms with van der Waals surface area (Å²) < 4.78 is 38.0. The van der Waals surface area contributed by atoms with Crippen LogP contribution in [0.2, 0.25) is 0 Å². The van der Waals surface area contributed by atoms with Crippen molar-refractivity contribution < 1.29 is 22.8 Å². The maximum Gasteiger partial charge on any atom is 0.369 e. The largest absolute Gasteiger partial charge is 0.369 e. The van der Waals surface area contributed by atoms with Crippen molar-refractivity contribution in [3.63, 3.8) is 0 Å². The van der Waals surface area contributed by atoms with Crippen LogP contribution in [0.15, 0.2) is 24.3 Å². The van der Waals surface area contributed by atoms with Gasteiger partial charge >= 0.3 is 7.60 Å². The lowest BCUT2D eigenvalue weighted by atomic mass is 10.2. The number of thiophene rings is 1. The first-order chi connectivity index (χ1) is 10.0. The molecule has 0 spiro atoms. The average Bonchev–Trinajstić information content (AvgIpc) is 2.89. The predicted molar refractivity (Wildman–Crippen MR) is 81.9 cm³/mol. The summed E-state index contributed by atoms with van der Waals surface area (Å²) in [4.78, 5) is 11.3. The Morgan fingerprint density at radius 3 is 2.52 bits per heavy atom. The van der Waals surface area contributed by atoms with Crippen LogP contribution in [-0.4, -0.2) is 19.5 Å². The number of hydrogen-bond donors (Lipinski definition) is 0. The fraction of sp³-hybridized carbons (Fsp3) is 0.357. The zero-order chi connectivity index (χ0) is 15.5. The number of rotatable bonds is 7. The van der Waals surface area contributed by atoms with E-state index < -0.39 is 13.5 Å². The summed E-state index contributed by atoms with van der Waals surface area (Å²) in [6.45, 7) is 3.48. The standard InChI is InChI=1S/C14H16FO4PS/c1-3-18-20(17,19-4-2)14(15)10-5-6-13-11(7-10)8-12(9-16)21-13/h5-9,14H,3-4H2,1-2H3. The van der Waals surface area contributed by atoms with Crippen LogP contribution in [0.3, 0.4) is 0 Å². The van der Waals surface area contributed by atoms with Crippen molar-refractivity contribution in [1.82, 2.24) is 0 Å². The number of halogens is 1. The molecule has 0 N–H and O–H groups in total. The molecule has 1 aromatic heterocycles. The van der Waals surface area contributed by atoms with Crippen molar-refractivity contribution in [1.29, 1.82) is 0 Å². The van der Waals surface area contributed by atoms with Crippen LogP contribution in [0.4, 0.5) is 4.39 Å². The monoisotopic (exact) mass is 330 g/mol. The van der Waals surface area contributed by atoms with E-state index in [1.807, 2.05) is 0 Å². The zero-order valence-electron chi connectivity index (χ0n) is 11.7. The van der Waals surface area contributed by atoms with Gasteiger partial charge in [0.25, 0.3) is 0 Å². The highest BCUT2D eigenvalue weighted by Crippen LogP contribution is 2.61. The zero-order valence-corrected chi connectivity index (χ0v) is 13.5. The molecule has 0 fully saturated rings. The van der Waals surface area contributed by atoms with Crippen LogP contribution in [0.1, 0.15) is 35.0 Å². The van der Waals surface area contributed by atoms with Gasteiger partial charge in [-0.25, -0.2) is 4.39 Å². The number of hydrogen-bond acceptors (Lipinski definition) is 5. The van der Waals surface area contributed by atoms with Gasteiger partial charge in [-0.1, -0.05) is 6.07 Å². The summed E-state index contributed by atoms with van der Waals surface area (Å²) >= 11 is 1.32. The van der Waals surface area contributed by atoms with Crippen LogP contribution in [0.25, 0.3) is 10.1 Å². The van der Waals surface area contributed by atoms with Crippen molar-refractivity contribution in [3.8, 4) is 0 Å². The van der Waals surface area contributed by atoms with Gasteiger partial charge < -0.3 is 9.05 Å². The van der Waals surface area contributed by atoms with E-state index >= 15 is 0 Å². The lowest BCUT2D eigenvalue weighted by Crippen LogP contribution is -2.02. The summed E-state index contributed by atoms with van der Waals surface area (Å²) in [6, 6.07) is 6.50. The van der Waals surface area contributed by atoms with Crippen molar-refractivity contribution >= 4 is 35.3 Å². The molecule has 7 heteroatoms. The van der Waals surface area contributed by atoms with Crippen LogP contribution >= 0.6 is 18.9 Å². The van der Waals surface area contributed by atoms with Crippen molar-refractivity contribution in [2.75, 3.05) is 13.2 Å². The van der Waals surface area contributed by atoms with Gasteiger partial charge in [-0.15, -0.1) is 11.3 Å². The summed E-state index contributed by atoms with van der Waals surface area (Å²) in [7, 11) is -3.84. The van der Waals surface area contributed by atoms with Crippen LogP contribution in [0, 0.1) is 0 Å². The third-order valence-electron chi connectivity index (χ3n) is 2.85. The average molecular weight is 330 g/mol. The van der Waals surface area contributed by atoms with Gasteiger partial charge in [-0.3, -0.25) is 9.36 Å². The Bertz CT molecular complexity index is 675. The van der Waals surface area contributed by atoms with E-state index in [4.69, 9.17) is 9.05 Å². The Morgan fingerprint density at radius 2 is 1.95 bits per heavy atom. The van der Waals surface area contributed by atoms with Crippen LogP contribution in [0.5, 0.6) is 0 Å². The molecule has 2 rings (SSSR count). The lowest BCUT2D eigenvalue weighted by molar-refractivity contribution is 0.112. The SMILES string of the molecule is CCOP(=O)(OCC)C(F)c1ccc2sc(C=O)cc2c1. The molecule has 0 amide bonds. The molecular weight excluding hydrogens is 314 g/mol. The van der Waals surface area contributed by atoms with Gasteiger partial charge in [0.2, 0.25) is 5.91 Å². The highest BCUT2D eigenvalue weighted by Gasteiger charge is 2.37. The molecule has 1 atom stereocenters. The molecule has 1 unspecified atom stereocenters. The van der Waals surface area contributed by atoms with E-state index in [1.165, 1.54) is 11.3 Å². The molecular formula is C14H16FO4PS. The first kappa shape index (κ1) is 16.3. The van der Waals surface area contributed by atoms with Gasteiger partial charge in [-0.05, 0) is 43.0 Å². The molecule has 21 heavy (non-hydrogen) atoms. The van der Waals surface area contributed by atoms with Crippen LogP contribution in [-0.2, 0) is 13.6 Å². The summed E-state index contributed by atoms with van der Waals surface area (Å²) in [5.41, 5.74) is 0.225. The second-order valence-electron chi connectivity index (χ2n) is 4.28. The lowest BCUT2D eigenvalue weighted by Gasteiger charge is -2.20. The molecule has 1 aromatic carbocycles. The first-order valence-electron chi connectivity index (χ1n) is 6.55. The van der Waals surface area contributed by atoms with Gasteiger partial charge in [0.15, 0.2) is 6.29 Å². The van der Waals surface area contributed by atoms with Crippen molar-refractivity contribution in [3.05, 3.63) is 34.7 Å². The normalized spacial score (nSPS) is 13.5. The molecule has 0 saturated heterocycles. The number of alkyl halides is 1. The molecule has 0 saturated carbocycles. The quantitative estimate of drug-likeness (QED) is 0.532. The van der Waals surface area contributed by atoms with E-state index in [-0.39, 0.29) is 18.8 Å². The minimum absolute atomic E-state index is 0.105. The second-order valence-corrected chi connectivity index (χ2v) is 7.44. The van der Waals surface area contributed by atoms with E-state index in [0.717, 1.165) is 16.4 Å². The fourth-order valence-electron chi connectivity index (χ4n) is 2.00. The summed E-state index contributed by atoms with van der Waals surface area (Å²) in [5.74, 6) is -1.85. The van der Waals surface area contributed by atoms with Gasteiger partial charge in [-0.2, -0.15) is 0 Å². The molecule has 2 aromatic rings. The summed E-state index contributed by atoms with van der Waals surface area (Å²) in [6.07, 6.45) is 0.753. The molecule has 0 aliphatic carbocycles. The van der Waals surface area contributed by atoms with E-state index in [2.05, 4.69) is 0 Å². The maximum atomic E-state index is 14.6. The Labute approximate surface area is 126 Å². The summed E-state index contributed by atoms with van der Waals surface area (Å²) in [5, 5.41) is 0.738. The van der Waals surface area contributed by atoms with Crippen molar-refractivity contribution in [2.45, 2.75) is 19.8 Å². The van der Waals surface area contributed by atoms with E-state index in [9.17, 15) is 13.8 Å². The van der Waals surface area contributed by atoms with E-state index in [0.29, 0.717) is 4.88 Å². The fourth-order valence-corrected chi connectivity index (χ4v) is 4.44. The molecule has 114 valence electrons. The molecule has 0 radical (unpaired) electrons. The van der Waals surface area contributed by atoms with Crippen molar-refractivity contribution in [2.24, 2.45) is 0 Å².